The van der Waals surface area contributed by atoms with Crippen molar-refractivity contribution in [3.63, 3.8) is 0 Å². The van der Waals surface area contributed by atoms with Gasteiger partial charge in [-0.1, -0.05) is 30.3 Å². The summed E-state index contributed by atoms with van der Waals surface area (Å²) in [4.78, 5) is 13.4. The predicted molar refractivity (Wildman–Crippen MR) is 62.1 cm³/mol. The van der Waals surface area contributed by atoms with E-state index in [9.17, 15) is 4.79 Å². The summed E-state index contributed by atoms with van der Waals surface area (Å²) >= 11 is 0. The molecule has 1 aromatic rings. The summed E-state index contributed by atoms with van der Waals surface area (Å²) in [5.41, 5.74) is 1.06. The number of methoxy groups -OCH3 is 1. The molecule has 0 atom stereocenters. The predicted octanol–water partition coefficient (Wildman–Crippen LogP) is 2.76. The normalized spacial score (nSPS) is 17.4. The standard InChI is InChI=1S/C13H17NO2/c1-14(12(15)16-2)13(9-6-10-13)11-7-4-3-5-8-11/h3-5,7-8H,6,9-10H2,1-2H3. The van der Waals surface area contributed by atoms with Crippen LogP contribution in [0.1, 0.15) is 24.8 Å². The Labute approximate surface area is 96.0 Å². The van der Waals surface area contributed by atoms with Crippen LogP contribution in [0.4, 0.5) is 4.79 Å². The minimum Gasteiger partial charge on any atom is -0.453 e. The number of amides is 1. The average molecular weight is 219 g/mol. The maximum atomic E-state index is 11.6. The molecule has 0 spiro atoms. The van der Waals surface area contributed by atoms with Crippen molar-refractivity contribution < 1.29 is 9.53 Å². The Morgan fingerprint density at radius 1 is 1.31 bits per heavy atom. The van der Waals surface area contributed by atoms with Gasteiger partial charge in [-0.15, -0.1) is 0 Å². The second-order valence-electron chi connectivity index (χ2n) is 4.28. The van der Waals surface area contributed by atoms with Gasteiger partial charge in [-0.05, 0) is 24.8 Å². The van der Waals surface area contributed by atoms with Crippen LogP contribution in [0.15, 0.2) is 30.3 Å². The fraction of sp³-hybridized carbons (Fsp3) is 0.462. The van der Waals surface area contributed by atoms with Crippen LogP contribution in [0.25, 0.3) is 0 Å². The van der Waals surface area contributed by atoms with Crippen LogP contribution in [-0.4, -0.2) is 25.2 Å². The third-order valence-corrected chi connectivity index (χ3v) is 3.58. The van der Waals surface area contributed by atoms with Crippen LogP contribution in [0.2, 0.25) is 0 Å². The van der Waals surface area contributed by atoms with E-state index in [1.165, 1.54) is 12.7 Å². The highest BCUT2D eigenvalue weighted by Crippen LogP contribution is 2.45. The lowest BCUT2D eigenvalue weighted by Gasteiger charge is -2.48. The van der Waals surface area contributed by atoms with Gasteiger partial charge in [-0.25, -0.2) is 4.79 Å². The zero-order chi connectivity index (χ0) is 11.6. The van der Waals surface area contributed by atoms with Gasteiger partial charge in [0.15, 0.2) is 0 Å². The van der Waals surface area contributed by atoms with Crippen LogP contribution in [0.3, 0.4) is 0 Å². The molecule has 0 bridgehead atoms. The van der Waals surface area contributed by atoms with Crippen LogP contribution in [0, 0.1) is 0 Å². The number of nitrogens with zero attached hydrogens (tertiary/aromatic N) is 1. The molecule has 0 aromatic heterocycles. The zero-order valence-corrected chi connectivity index (χ0v) is 9.77. The van der Waals surface area contributed by atoms with Gasteiger partial charge in [-0.2, -0.15) is 0 Å². The van der Waals surface area contributed by atoms with E-state index < -0.39 is 0 Å². The molecular formula is C13H17NO2. The van der Waals surface area contributed by atoms with Crippen molar-refractivity contribution in [2.24, 2.45) is 0 Å². The molecule has 0 heterocycles. The number of carbonyl (C=O) groups is 1. The molecule has 1 saturated carbocycles. The van der Waals surface area contributed by atoms with E-state index in [0.29, 0.717) is 0 Å². The summed E-state index contributed by atoms with van der Waals surface area (Å²) < 4.78 is 4.80. The first-order valence-corrected chi connectivity index (χ1v) is 5.58. The average Bonchev–Trinajstić information content (AvgIpc) is 2.28. The zero-order valence-electron chi connectivity index (χ0n) is 9.77. The minimum absolute atomic E-state index is 0.144. The summed E-state index contributed by atoms with van der Waals surface area (Å²) in [6.45, 7) is 0. The Bertz CT molecular complexity index is 371. The molecule has 3 heteroatoms. The Hall–Kier alpha value is -1.51. The van der Waals surface area contributed by atoms with Crippen molar-refractivity contribution in [3.05, 3.63) is 35.9 Å². The molecule has 0 saturated heterocycles. The lowest BCUT2D eigenvalue weighted by atomic mass is 9.71. The number of carbonyl (C=O) groups excluding carboxylic acids is 1. The van der Waals surface area contributed by atoms with E-state index in [1.54, 1.807) is 4.90 Å². The first-order chi connectivity index (χ1) is 7.70. The van der Waals surface area contributed by atoms with Crippen LogP contribution in [-0.2, 0) is 10.3 Å². The summed E-state index contributed by atoms with van der Waals surface area (Å²) in [6.07, 6.45) is 2.94. The summed E-state index contributed by atoms with van der Waals surface area (Å²) in [5, 5.41) is 0. The van der Waals surface area contributed by atoms with Crippen molar-refractivity contribution in [3.8, 4) is 0 Å². The molecule has 1 fully saturated rings. The molecule has 1 aliphatic carbocycles. The third kappa shape index (κ3) is 1.56. The van der Waals surface area contributed by atoms with Gasteiger partial charge < -0.3 is 9.64 Å². The molecule has 0 N–H and O–H groups in total. The molecule has 1 aromatic carbocycles. The third-order valence-electron chi connectivity index (χ3n) is 3.58. The summed E-state index contributed by atoms with van der Waals surface area (Å²) in [6, 6.07) is 10.2. The highest BCUT2D eigenvalue weighted by Gasteiger charge is 2.44. The van der Waals surface area contributed by atoms with Crippen LogP contribution in [0.5, 0.6) is 0 Å². The number of rotatable bonds is 2. The first kappa shape index (κ1) is 11.0. The van der Waals surface area contributed by atoms with E-state index in [4.69, 9.17) is 4.74 Å². The quantitative estimate of drug-likeness (QED) is 0.765. The minimum atomic E-state index is -0.261. The lowest BCUT2D eigenvalue weighted by molar-refractivity contribution is 0.0290. The van der Waals surface area contributed by atoms with Crippen LogP contribution < -0.4 is 0 Å². The number of ether oxygens (including phenoxy) is 1. The van der Waals surface area contributed by atoms with Gasteiger partial charge in [-0.3, -0.25) is 0 Å². The Morgan fingerprint density at radius 3 is 2.38 bits per heavy atom. The monoisotopic (exact) mass is 219 g/mol. The van der Waals surface area contributed by atoms with Crippen molar-refractivity contribution in [1.82, 2.24) is 4.90 Å². The largest absolute Gasteiger partial charge is 0.453 e. The van der Waals surface area contributed by atoms with Crippen molar-refractivity contribution in [1.29, 1.82) is 0 Å². The van der Waals surface area contributed by atoms with E-state index in [0.717, 1.165) is 19.3 Å². The molecule has 0 aliphatic heterocycles. The molecule has 1 aliphatic rings. The van der Waals surface area contributed by atoms with Crippen LogP contribution >= 0.6 is 0 Å². The number of hydrogen-bond acceptors (Lipinski definition) is 2. The second-order valence-corrected chi connectivity index (χ2v) is 4.28. The van der Waals surface area contributed by atoms with Gasteiger partial charge >= 0.3 is 6.09 Å². The first-order valence-electron chi connectivity index (χ1n) is 5.58. The number of hydrogen-bond donors (Lipinski definition) is 0. The van der Waals surface area contributed by atoms with Crippen molar-refractivity contribution in [2.75, 3.05) is 14.2 Å². The van der Waals surface area contributed by atoms with Crippen molar-refractivity contribution >= 4 is 6.09 Å². The van der Waals surface area contributed by atoms with E-state index in [1.807, 2.05) is 25.2 Å². The highest BCUT2D eigenvalue weighted by molar-refractivity contribution is 5.68. The van der Waals surface area contributed by atoms with E-state index in [2.05, 4.69) is 12.1 Å². The van der Waals surface area contributed by atoms with Gasteiger partial charge in [0, 0.05) is 7.05 Å². The maximum Gasteiger partial charge on any atom is 0.409 e. The molecule has 86 valence electrons. The molecule has 0 unspecified atom stereocenters. The molecule has 0 radical (unpaired) electrons. The molecule has 2 rings (SSSR count). The molecular weight excluding hydrogens is 202 g/mol. The molecule has 1 amide bonds. The maximum absolute atomic E-state index is 11.6. The Kier molecular flexibility index (Phi) is 2.86. The van der Waals surface area contributed by atoms with Gasteiger partial charge in [0.25, 0.3) is 0 Å². The SMILES string of the molecule is COC(=O)N(C)C1(c2ccccc2)CCC1. The van der Waals surface area contributed by atoms with Crippen molar-refractivity contribution in [2.45, 2.75) is 24.8 Å². The molecule has 16 heavy (non-hydrogen) atoms. The smallest absolute Gasteiger partial charge is 0.409 e. The lowest BCUT2D eigenvalue weighted by Crippen LogP contribution is -2.51. The highest BCUT2D eigenvalue weighted by atomic mass is 16.5. The fourth-order valence-corrected chi connectivity index (χ4v) is 2.39. The second kappa shape index (κ2) is 4.16. The van der Waals surface area contributed by atoms with E-state index in [-0.39, 0.29) is 11.6 Å². The summed E-state index contributed by atoms with van der Waals surface area (Å²) in [7, 11) is 3.24. The Morgan fingerprint density at radius 2 is 1.94 bits per heavy atom. The molecule has 3 nitrogen and oxygen atoms in total. The fourth-order valence-electron chi connectivity index (χ4n) is 2.39. The van der Waals surface area contributed by atoms with Gasteiger partial charge in [0.2, 0.25) is 0 Å². The topological polar surface area (TPSA) is 29.5 Å². The van der Waals surface area contributed by atoms with E-state index >= 15 is 0 Å². The van der Waals surface area contributed by atoms with Gasteiger partial charge in [0.05, 0.1) is 12.6 Å². The number of benzene rings is 1. The van der Waals surface area contributed by atoms with Gasteiger partial charge in [0.1, 0.15) is 0 Å². The Balaban J connectivity index is 2.30. The summed E-state index contributed by atoms with van der Waals surface area (Å²) in [5.74, 6) is 0.